The maximum absolute atomic E-state index is 12.4. The number of hydrogen-bond acceptors (Lipinski definition) is 5. The SMILES string of the molecule is C=CC[C@@](Cc1ccc2c(c1)OCO2)(C(C)=O)C(=O)OCC. The molecule has 1 atom stereocenters. The van der Waals surface area contributed by atoms with Crippen molar-refractivity contribution in [2.75, 3.05) is 13.4 Å². The average Bonchev–Trinajstić information content (AvgIpc) is 2.94. The Morgan fingerprint density at radius 1 is 1.36 bits per heavy atom. The molecule has 5 nitrogen and oxygen atoms in total. The number of carbonyl (C=O) groups excluding carboxylic acids is 2. The van der Waals surface area contributed by atoms with E-state index in [0.29, 0.717) is 11.5 Å². The predicted octanol–water partition coefficient (Wildman–Crippen LogP) is 2.67. The summed E-state index contributed by atoms with van der Waals surface area (Å²) >= 11 is 0. The molecule has 5 heteroatoms. The van der Waals surface area contributed by atoms with E-state index >= 15 is 0 Å². The lowest BCUT2D eigenvalue weighted by molar-refractivity contribution is -0.159. The number of fused-ring (bicyclic) bond motifs is 1. The number of Topliss-reactive ketones (excluding diaryl/α,β-unsaturated/α-hetero) is 1. The number of carbonyl (C=O) groups is 2. The van der Waals surface area contributed by atoms with Crippen LogP contribution in [0.25, 0.3) is 0 Å². The summed E-state index contributed by atoms with van der Waals surface area (Å²) in [4.78, 5) is 24.6. The van der Waals surface area contributed by atoms with E-state index in [1.807, 2.05) is 6.07 Å². The van der Waals surface area contributed by atoms with E-state index in [2.05, 4.69) is 6.58 Å². The van der Waals surface area contributed by atoms with Gasteiger partial charge in [-0.2, -0.15) is 0 Å². The Kier molecular flexibility index (Phi) is 4.85. The Hall–Kier alpha value is -2.30. The summed E-state index contributed by atoms with van der Waals surface area (Å²) in [7, 11) is 0. The Bertz CT molecular complexity index is 593. The van der Waals surface area contributed by atoms with Gasteiger partial charge in [0.25, 0.3) is 0 Å². The van der Waals surface area contributed by atoms with Gasteiger partial charge in [-0.25, -0.2) is 0 Å². The zero-order valence-electron chi connectivity index (χ0n) is 12.9. The van der Waals surface area contributed by atoms with E-state index in [4.69, 9.17) is 14.2 Å². The van der Waals surface area contributed by atoms with Gasteiger partial charge in [-0.1, -0.05) is 12.1 Å². The molecular weight excluding hydrogens is 284 g/mol. The molecule has 0 N–H and O–H groups in total. The zero-order chi connectivity index (χ0) is 16.2. The van der Waals surface area contributed by atoms with E-state index < -0.39 is 11.4 Å². The molecule has 0 unspecified atom stereocenters. The van der Waals surface area contributed by atoms with Crippen molar-refractivity contribution in [3.8, 4) is 11.5 Å². The molecular formula is C17H20O5. The number of hydrogen-bond donors (Lipinski definition) is 0. The second kappa shape index (κ2) is 6.64. The predicted molar refractivity (Wildman–Crippen MR) is 80.8 cm³/mol. The fourth-order valence-electron chi connectivity index (χ4n) is 2.55. The fourth-order valence-corrected chi connectivity index (χ4v) is 2.55. The van der Waals surface area contributed by atoms with E-state index in [-0.39, 0.29) is 32.0 Å². The number of ketones is 1. The van der Waals surface area contributed by atoms with Gasteiger partial charge in [-0.3, -0.25) is 9.59 Å². The lowest BCUT2D eigenvalue weighted by Crippen LogP contribution is -2.41. The highest BCUT2D eigenvalue weighted by Crippen LogP contribution is 2.36. The van der Waals surface area contributed by atoms with Crippen LogP contribution in [0.15, 0.2) is 30.9 Å². The van der Waals surface area contributed by atoms with Crippen LogP contribution in [0.4, 0.5) is 0 Å². The standard InChI is InChI=1S/C17H20O5/c1-4-8-17(12(3)18,16(19)20-5-2)10-13-6-7-14-15(9-13)22-11-21-14/h4,6-7,9H,1,5,8,10-11H2,2-3H3/t17-/m1/s1. The minimum atomic E-state index is -1.24. The second-order valence-corrected chi connectivity index (χ2v) is 5.22. The molecule has 1 heterocycles. The van der Waals surface area contributed by atoms with Crippen molar-refractivity contribution in [3.63, 3.8) is 0 Å². The molecule has 0 spiro atoms. The number of allylic oxidation sites excluding steroid dienone is 1. The second-order valence-electron chi connectivity index (χ2n) is 5.22. The van der Waals surface area contributed by atoms with Gasteiger partial charge >= 0.3 is 5.97 Å². The summed E-state index contributed by atoms with van der Waals surface area (Å²) in [6.45, 7) is 7.20. The van der Waals surface area contributed by atoms with E-state index in [1.165, 1.54) is 6.92 Å². The van der Waals surface area contributed by atoms with Crippen molar-refractivity contribution in [2.24, 2.45) is 5.41 Å². The van der Waals surface area contributed by atoms with E-state index in [0.717, 1.165) is 5.56 Å². The minimum absolute atomic E-state index is 0.182. The van der Waals surface area contributed by atoms with Crippen molar-refractivity contribution in [1.82, 2.24) is 0 Å². The molecule has 22 heavy (non-hydrogen) atoms. The van der Waals surface area contributed by atoms with Gasteiger partial charge in [0.1, 0.15) is 11.2 Å². The summed E-state index contributed by atoms with van der Waals surface area (Å²) in [6, 6.07) is 5.40. The van der Waals surface area contributed by atoms with Gasteiger partial charge in [0.05, 0.1) is 6.61 Å². The number of rotatable bonds is 7. The molecule has 0 saturated heterocycles. The first kappa shape index (κ1) is 16.1. The van der Waals surface area contributed by atoms with E-state index in [9.17, 15) is 9.59 Å². The van der Waals surface area contributed by atoms with Crippen molar-refractivity contribution >= 4 is 11.8 Å². The highest BCUT2D eigenvalue weighted by Gasteiger charge is 2.43. The topological polar surface area (TPSA) is 61.8 Å². The molecule has 1 aromatic rings. The molecule has 1 aromatic carbocycles. The van der Waals surface area contributed by atoms with E-state index in [1.54, 1.807) is 25.1 Å². The van der Waals surface area contributed by atoms with Gasteiger partial charge < -0.3 is 14.2 Å². The van der Waals surface area contributed by atoms with Gasteiger partial charge in [0, 0.05) is 0 Å². The molecule has 0 radical (unpaired) electrons. The summed E-state index contributed by atoms with van der Waals surface area (Å²) in [5, 5.41) is 0. The Balaban J connectivity index is 2.34. The van der Waals surface area contributed by atoms with Crippen LogP contribution < -0.4 is 9.47 Å². The van der Waals surface area contributed by atoms with Gasteiger partial charge in [-0.05, 0) is 44.4 Å². The van der Waals surface area contributed by atoms with Crippen LogP contribution in [0.3, 0.4) is 0 Å². The van der Waals surface area contributed by atoms with Crippen LogP contribution in [0.2, 0.25) is 0 Å². The molecule has 0 aliphatic carbocycles. The summed E-state index contributed by atoms with van der Waals surface area (Å²) in [6.07, 6.45) is 2.05. The lowest BCUT2D eigenvalue weighted by atomic mass is 9.75. The van der Waals surface area contributed by atoms with Crippen LogP contribution in [0, 0.1) is 5.41 Å². The smallest absolute Gasteiger partial charge is 0.320 e. The van der Waals surface area contributed by atoms with Crippen LogP contribution >= 0.6 is 0 Å². The third-order valence-electron chi connectivity index (χ3n) is 3.78. The monoisotopic (exact) mass is 304 g/mol. The summed E-state index contributed by atoms with van der Waals surface area (Å²) in [5.41, 5.74) is -0.430. The fraction of sp³-hybridized carbons (Fsp3) is 0.412. The van der Waals surface area contributed by atoms with Crippen LogP contribution in [-0.2, 0) is 20.7 Å². The highest BCUT2D eigenvalue weighted by atomic mass is 16.7. The Morgan fingerprint density at radius 3 is 2.73 bits per heavy atom. The Morgan fingerprint density at radius 2 is 2.09 bits per heavy atom. The summed E-state index contributed by atoms with van der Waals surface area (Å²) < 4.78 is 15.7. The van der Waals surface area contributed by atoms with Gasteiger partial charge in [-0.15, -0.1) is 6.58 Å². The van der Waals surface area contributed by atoms with Crippen molar-refractivity contribution in [2.45, 2.75) is 26.7 Å². The molecule has 0 bridgehead atoms. The van der Waals surface area contributed by atoms with Crippen LogP contribution in [0.1, 0.15) is 25.8 Å². The normalized spacial score (nSPS) is 15.0. The van der Waals surface area contributed by atoms with Crippen molar-refractivity contribution < 1.29 is 23.8 Å². The molecule has 1 aliphatic heterocycles. The third-order valence-corrected chi connectivity index (χ3v) is 3.78. The molecule has 0 saturated carbocycles. The first-order valence-corrected chi connectivity index (χ1v) is 7.21. The van der Waals surface area contributed by atoms with Gasteiger partial charge in [0.15, 0.2) is 11.5 Å². The highest BCUT2D eigenvalue weighted by molar-refractivity contribution is 6.03. The molecule has 2 rings (SSSR count). The Labute approximate surface area is 129 Å². The maximum atomic E-state index is 12.4. The van der Waals surface area contributed by atoms with Crippen molar-refractivity contribution in [1.29, 1.82) is 0 Å². The molecule has 118 valence electrons. The van der Waals surface area contributed by atoms with Crippen LogP contribution in [-0.4, -0.2) is 25.2 Å². The number of esters is 1. The average molecular weight is 304 g/mol. The first-order valence-electron chi connectivity index (χ1n) is 7.21. The minimum Gasteiger partial charge on any atom is -0.465 e. The first-order chi connectivity index (χ1) is 10.5. The molecule has 0 fully saturated rings. The van der Waals surface area contributed by atoms with Crippen molar-refractivity contribution in [3.05, 3.63) is 36.4 Å². The van der Waals surface area contributed by atoms with Gasteiger partial charge in [0.2, 0.25) is 6.79 Å². The maximum Gasteiger partial charge on any atom is 0.320 e. The lowest BCUT2D eigenvalue weighted by Gasteiger charge is -2.28. The third kappa shape index (κ3) is 2.98. The quantitative estimate of drug-likeness (QED) is 0.440. The molecule has 0 aromatic heterocycles. The van der Waals surface area contributed by atoms with Crippen LogP contribution in [0.5, 0.6) is 11.5 Å². The number of benzene rings is 1. The number of ether oxygens (including phenoxy) is 3. The zero-order valence-corrected chi connectivity index (χ0v) is 12.9. The largest absolute Gasteiger partial charge is 0.465 e. The molecule has 1 aliphatic rings. The summed E-state index contributed by atoms with van der Waals surface area (Å²) in [5.74, 6) is 0.540. The molecule has 0 amide bonds.